The van der Waals surface area contributed by atoms with Crippen LogP contribution in [0.2, 0.25) is 0 Å². The summed E-state index contributed by atoms with van der Waals surface area (Å²) >= 11 is 0. The van der Waals surface area contributed by atoms with Crippen LogP contribution in [0.25, 0.3) is 0 Å². The van der Waals surface area contributed by atoms with Crippen molar-refractivity contribution >= 4 is 5.91 Å². The topological polar surface area (TPSA) is 32.3 Å². The van der Waals surface area contributed by atoms with Crippen LogP contribution in [0.3, 0.4) is 0 Å². The molecule has 3 nitrogen and oxygen atoms in total. The minimum absolute atomic E-state index is 0.167. The number of carbonyl (C=O) groups excluding carboxylic acids is 1. The third-order valence-electron chi connectivity index (χ3n) is 5.12. The number of nitrogens with zero attached hydrogens (tertiary/aromatic N) is 1. The molecule has 120 valence electrons. The number of hydrogen-bond donors (Lipinski definition) is 1. The lowest BCUT2D eigenvalue weighted by molar-refractivity contribution is -0.129. The molecule has 2 heterocycles. The maximum atomic E-state index is 11.8. The van der Waals surface area contributed by atoms with Crippen molar-refractivity contribution in [2.75, 3.05) is 13.1 Å². The molecule has 1 unspecified atom stereocenters. The molecule has 0 bridgehead atoms. The van der Waals surface area contributed by atoms with Gasteiger partial charge in [-0.3, -0.25) is 4.79 Å². The molecule has 0 spiro atoms. The molecular weight excluding hydrogens is 272 g/mol. The molecule has 1 atom stereocenters. The van der Waals surface area contributed by atoms with Crippen molar-refractivity contribution in [1.29, 1.82) is 0 Å². The lowest BCUT2D eigenvalue weighted by Crippen LogP contribution is -2.35. The number of amides is 1. The van der Waals surface area contributed by atoms with Gasteiger partial charge in [-0.15, -0.1) is 0 Å². The first-order valence-electron chi connectivity index (χ1n) is 8.51. The second kappa shape index (κ2) is 5.69. The van der Waals surface area contributed by atoms with Crippen LogP contribution in [0.5, 0.6) is 0 Å². The minimum Gasteiger partial charge on any atom is -0.338 e. The Bertz CT molecular complexity index is 580. The largest absolute Gasteiger partial charge is 0.338 e. The Morgan fingerprint density at radius 2 is 2.09 bits per heavy atom. The van der Waals surface area contributed by atoms with E-state index in [1.165, 1.54) is 35.1 Å². The van der Waals surface area contributed by atoms with E-state index in [1.807, 2.05) is 4.90 Å². The average Bonchev–Trinajstić information content (AvgIpc) is 2.98. The first-order chi connectivity index (χ1) is 10.4. The van der Waals surface area contributed by atoms with Gasteiger partial charge < -0.3 is 10.2 Å². The van der Waals surface area contributed by atoms with Gasteiger partial charge in [0, 0.05) is 26.1 Å². The molecule has 1 aromatic carbocycles. The van der Waals surface area contributed by atoms with Gasteiger partial charge in [0.1, 0.15) is 0 Å². The van der Waals surface area contributed by atoms with Gasteiger partial charge in [-0.1, -0.05) is 32.9 Å². The highest BCUT2D eigenvalue weighted by Gasteiger charge is 2.28. The molecule has 3 heteroatoms. The summed E-state index contributed by atoms with van der Waals surface area (Å²) in [5, 5.41) is 3.64. The molecular formula is C19H28N2O. The summed E-state index contributed by atoms with van der Waals surface area (Å²) in [6, 6.07) is 5.24. The van der Waals surface area contributed by atoms with Gasteiger partial charge in [0.05, 0.1) is 0 Å². The Hall–Kier alpha value is -1.35. The molecule has 1 saturated heterocycles. The van der Waals surface area contributed by atoms with Crippen molar-refractivity contribution in [3.05, 3.63) is 34.4 Å². The molecule has 2 aliphatic heterocycles. The van der Waals surface area contributed by atoms with Crippen molar-refractivity contribution < 1.29 is 4.79 Å². The molecule has 1 N–H and O–H groups in total. The van der Waals surface area contributed by atoms with Gasteiger partial charge in [-0.2, -0.15) is 0 Å². The maximum absolute atomic E-state index is 11.8. The molecule has 0 saturated carbocycles. The molecule has 0 aromatic heterocycles. The molecule has 0 radical (unpaired) electrons. The molecule has 1 fully saturated rings. The van der Waals surface area contributed by atoms with E-state index < -0.39 is 0 Å². The first-order valence-corrected chi connectivity index (χ1v) is 8.51. The highest BCUT2D eigenvalue weighted by molar-refractivity contribution is 5.73. The van der Waals surface area contributed by atoms with E-state index in [2.05, 4.69) is 38.2 Å². The highest BCUT2D eigenvalue weighted by Crippen LogP contribution is 2.35. The van der Waals surface area contributed by atoms with Crippen LogP contribution < -0.4 is 5.32 Å². The molecule has 1 aromatic rings. The summed E-state index contributed by atoms with van der Waals surface area (Å²) in [5.41, 5.74) is 5.87. The van der Waals surface area contributed by atoms with E-state index in [0.29, 0.717) is 6.04 Å². The van der Waals surface area contributed by atoms with Gasteiger partial charge in [0.25, 0.3) is 0 Å². The van der Waals surface area contributed by atoms with Crippen LogP contribution in [0, 0.1) is 0 Å². The third kappa shape index (κ3) is 2.91. The van der Waals surface area contributed by atoms with E-state index in [-0.39, 0.29) is 11.3 Å². The summed E-state index contributed by atoms with van der Waals surface area (Å²) in [4.78, 5) is 13.8. The third-order valence-corrected chi connectivity index (χ3v) is 5.12. The van der Waals surface area contributed by atoms with Crippen molar-refractivity contribution in [3.63, 3.8) is 0 Å². The summed E-state index contributed by atoms with van der Waals surface area (Å²) in [6.45, 7) is 11.3. The fourth-order valence-corrected chi connectivity index (χ4v) is 3.66. The number of nitrogens with one attached hydrogen (secondary N) is 1. The lowest BCUT2D eigenvalue weighted by atomic mass is 9.80. The van der Waals surface area contributed by atoms with Crippen LogP contribution in [-0.4, -0.2) is 23.9 Å². The van der Waals surface area contributed by atoms with Crippen LogP contribution in [0.15, 0.2) is 12.1 Å². The average molecular weight is 300 g/mol. The van der Waals surface area contributed by atoms with Crippen molar-refractivity contribution in [2.45, 2.75) is 65.0 Å². The zero-order chi connectivity index (χ0) is 15.9. The quantitative estimate of drug-likeness (QED) is 0.863. The second-order valence-electron chi connectivity index (χ2n) is 7.79. The number of fused-ring (bicyclic) bond motifs is 1. The number of benzene rings is 1. The molecule has 3 rings (SSSR count). The Morgan fingerprint density at radius 1 is 1.32 bits per heavy atom. The van der Waals surface area contributed by atoms with Gasteiger partial charge in [0.15, 0.2) is 0 Å². The zero-order valence-corrected chi connectivity index (χ0v) is 14.3. The number of hydrogen-bond acceptors (Lipinski definition) is 2. The Kier molecular flexibility index (Phi) is 4.02. The van der Waals surface area contributed by atoms with E-state index in [0.717, 1.165) is 26.1 Å². The van der Waals surface area contributed by atoms with Crippen LogP contribution in [0.1, 0.15) is 68.8 Å². The first kappa shape index (κ1) is 15.5. The van der Waals surface area contributed by atoms with Crippen LogP contribution in [-0.2, 0) is 23.2 Å². The van der Waals surface area contributed by atoms with Crippen molar-refractivity contribution in [2.24, 2.45) is 0 Å². The monoisotopic (exact) mass is 300 g/mol. The summed E-state index contributed by atoms with van der Waals surface area (Å²) < 4.78 is 0. The SMILES string of the molecule is CC(=O)N1CCc2cc(C(C)(C)C)cc(C3CCCN3)c2C1. The molecule has 1 amide bonds. The summed E-state index contributed by atoms with van der Waals surface area (Å²) in [6.07, 6.45) is 3.44. The van der Waals surface area contributed by atoms with Crippen LogP contribution >= 0.6 is 0 Å². The second-order valence-corrected chi connectivity index (χ2v) is 7.79. The molecule has 0 aliphatic carbocycles. The summed E-state index contributed by atoms with van der Waals surface area (Å²) in [5.74, 6) is 0.191. The van der Waals surface area contributed by atoms with E-state index in [4.69, 9.17) is 0 Å². The van der Waals surface area contributed by atoms with Crippen molar-refractivity contribution in [3.8, 4) is 0 Å². The zero-order valence-electron chi connectivity index (χ0n) is 14.3. The standard InChI is InChI=1S/C19H28N2O/c1-13(22)21-9-7-14-10-15(19(2,3)4)11-16(17(14)12-21)18-6-5-8-20-18/h10-11,18,20H,5-9,12H2,1-4H3. The van der Waals surface area contributed by atoms with Crippen molar-refractivity contribution in [1.82, 2.24) is 10.2 Å². The van der Waals surface area contributed by atoms with Gasteiger partial charge in [-0.05, 0) is 53.5 Å². The predicted molar refractivity (Wildman–Crippen MR) is 89.9 cm³/mol. The number of carbonyl (C=O) groups is 1. The Balaban J connectivity index is 2.06. The van der Waals surface area contributed by atoms with Gasteiger partial charge in [0.2, 0.25) is 5.91 Å². The van der Waals surface area contributed by atoms with Crippen LogP contribution in [0.4, 0.5) is 0 Å². The maximum Gasteiger partial charge on any atom is 0.219 e. The molecule has 2 aliphatic rings. The van der Waals surface area contributed by atoms with E-state index >= 15 is 0 Å². The van der Waals surface area contributed by atoms with E-state index in [1.54, 1.807) is 6.92 Å². The van der Waals surface area contributed by atoms with E-state index in [9.17, 15) is 4.79 Å². The normalized spacial score (nSPS) is 21.8. The smallest absolute Gasteiger partial charge is 0.219 e. The highest BCUT2D eigenvalue weighted by atomic mass is 16.2. The Labute approximate surface area is 134 Å². The molecule has 22 heavy (non-hydrogen) atoms. The fourth-order valence-electron chi connectivity index (χ4n) is 3.66. The minimum atomic E-state index is 0.167. The lowest BCUT2D eigenvalue weighted by Gasteiger charge is -2.33. The van der Waals surface area contributed by atoms with Gasteiger partial charge >= 0.3 is 0 Å². The predicted octanol–water partition coefficient (Wildman–Crippen LogP) is 3.31. The number of rotatable bonds is 1. The van der Waals surface area contributed by atoms with Gasteiger partial charge in [-0.25, -0.2) is 0 Å². The fraction of sp³-hybridized carbons (Fsp3) is 0.632. The Morgan fingerprint density at radius 3 is 2.68 bits per heavy atom. The summed E-state index contributed by atoms with van der Waals surface area (Å²) in [7, 11) is 0.